The average Bonchev–Trinajstić information content (AvgIpc) is 3.50. The van der Waals surface area contributed by atoms with Crippen LogP contribution in [0, 0.1) is 0 Å². The zero-order valence-electron chi connectivity index (χ0n) is 56.2. The van der Waals surface area contributed by atoms with Gasteiger partial charge < -0.3 is 14.2 Å². The summed E-state index contributed by atoms with van der Waals surface area (Å²) in [6.45, 7) is 6.67. The highest BCUT2D eigenvalue weighted by atomic mass is 16.6. The molecule has 0 saturated heterocycles. The van der Waals surface area contributed by atoms with E-state index >= 15 is 0 Å². The Bertz CT molecular complexity index is 1380. The summed E-state index contributed by atoms with van der Waals surface area (Å²) in [6, 6.07) is 0. The van der Waals surface area contributed by atoms with Crippen LogP contribution in [0.1, 0.15) is 419 Å². The molecule has 0 aliphatic heterocycles. The standard InChI is InChI=1S/C77H144O6/c1-4-7-10-13-16-19-22-25-28-30-32-33-34-35-36-37-38-39-40-41-42-43-44-45-46-48-49-52-55-58-61-64-67-70-76(79)82-73-74(72-81-75(78)69-66-63-60-57-54-51-27-24-21-18-15-12-9-6-3)83-77(80)71-68-65-62-59-56-53-50-47-31-29-26-23-20-17-14-11-8-5-2/h15,18,24,27,30,32,74H,4-14,16-17,19-23,25-26,28-29,31,33-73H2,1-3H3/b18-15-,27-24-,32-30-. The molecular weight excluding hydrogens is 1020 g/mol. The maximum absolute atomic E-state index is 12.9. The average molecular weight is 1170 g/mol. The van der Waals surface area contributed by atoms with Crippen LogP contribution in [0.5, 0.6) is 0 Å². The fourth-order valence-electron chi connectivity index (χ4n) is 11.5. The van der Waals surface area contributed by atoms with Gasteiger partial charge in [-0.3, -0.25) is 14.4 Å². The number of rotatable bonds is 70. The zero-order valence-corrected chi connectivity index (χ0v) is 56.2. The molecule has 6 nitrogen and oxygen atoms in total. The van der Waals surface area contributed by atoms with Crippen molar-refractivity contribution in [3.05, 3.63) is 36.5 Å². The van der Waals surface area contributed by atoms with Gasteiger partial charge in [0.05, 0.1) is 0 Å². The lowest BCUT2D eigenvalue weighted by atomic mass is 10.0. The summed E-state index contributed by atoms with van der Waals surface area (Å²) in [5.41, 5.74) is 0. The Morgan fingerprint density at radius 2 is 0.446 bits per heavy atom. The van der Waals surface area contributed by atoms with Gasteiger partial charge in [-0.2, -0.15) is 0 Å². The van der Waals surface area contributed by atoms with Crippen LogP contribution >= 0.6 is 0 Å². The second-order valence-corrected chi connectivity index (χ2v) is 25.6. The van der Waals surface area contributed by atoms with Gasteiger partial charge in [-0.05, 0) is 70.6 Å². The fourth-order valence-corrected chi connectivity index (χ4v) is 11.5. The molecule has 6 heteroatoms. The van der Waals surface area contributed by atoms with Crippen molar-refractivity contribution >= 4 is 17.9 Å². The third kappa shape index (κ3) is 70.3. The molecule has 0 spiro atoms. The number of ether oxygens (including phenoxy) is 3. The highest BCUT2D eigenvalue weighted by Crippen LogP contribution is 2.19. The summed E-state index contributed by atoms with van der Waals surface area (Å²) < 4.78 is 17.0. The van der Waals surface area contributed by atoms with E-state index in [1.54, 1.807) is 0 Å². The molecule has 0 aliphatic rings. The van der Waals surface area contributed by atoms with Crippen molar-refractivity contribution in [2.45, 2.75) is 425 Å². The lowest BCUT2D eigenvalue weighted by Gasteiger charge is -2.18. The normalized spacial score (nSPS) is 12.2. The first-order chi connectivity index (χ1) is 41.0. The summed E-state index contributed by atoms with van der Waals surface area (Å²) in [7, 11) is 0. The number of esters is 3. The number of carbonyl (C=O) groups excluding carboxylic acids is 3. The molecular formula is C77H144O6. The van der Waals surface area contributed by atoms with E-state index in [0.29, 0.717) is 19.3 Å². The number of allylic oxidation sites excluding steroid dienone is 6. The summed E-state index contributed by atoms with van der Waals surface area (Å²) in [6.07, 6.45) is 90.6. The van der Waals surface area contributed by atoms with Crippen molar-refractivity contribution in [2.24, 2.45) is 0 Å². The summed E-state index contributed by atoms with van der Waals surface area (Å²) in [4.78, 5) is 38.4. The van der Waals surface area contributed by atoms with Gasteiger partial charge in [0.25, 0.3) is 0 Å². The molecule has 0 N–H and O–H groups in total. The van der Waals surface area contributed by atoms with E-state index in [4.69, 9.17) is 14.2 Å². The van der Waals surface area contributed by atoms with E-state index < -0.39 is 6.10 Å². The molecule has 0 radical (unpaired) electrons. The molecule has 0 fully saturated rings. The Hall–Kier alpha value is -2.37. The second-order valence-electron chi connectivity index (χ2n) is 25.6. The van der Waals surface area contributed by atoms with E-state index in [0.717, 1.165) is 77.0 Å². The van der Waals surface area contributed by atoms with Crippen LogP contribution in [0.15, 0.2) is 36.5 Å². The molecule has 0 aromatic heterocycles. The first-order valence-corrected chi connectivity index (χ1v) is 37.5. The van der Waals surface area contributed by atoms with Gasteiger partial charge in [0.15, 0.2) is 6.10 Å². The minimum atomic E-state index is -0.775. The van der Waals surface area contributed by atoms with Crippen molar-refractivity contribution in [3.8, 4) is 0 Å². The van der Waals surface area contributed by atoms with Gasteiger partial charge in [-0.25, -0.2) is 0 Å². The fraction of sp³-hybridized carbons (Fsp3) is 0.883. The van der Waals surface area contributed by atoms with Gasteiger partial charge in [0.2, 0.25) is 0 Å². The molecule has 0 aromatic carbocycles. The van der Waals surface area contributed by atoms with Crippen molar-refractivity contribution in [1.82, 2.24) is 0 Å². The maximum Gasteiger partial charge on any atom is 0.306 e. The van der Waals surface area contributed by atoms with E-state index in [2.05, 4.69) is 57.2 Å². The van der Waals surface area contributed by atoms with Crippen LogP contribution in [0.25, 0.3) is 0 Å². The molecule has 0 aromatic rings. The first kappa shape index (κ1) is 80.6. The minimum Gasteiger partial charge on any atom is -0.462 e. The summed E-state index contributed by atoms with van der Waals surface area (Å²) in [5.74, 6) is -0.854. The third-order valence-corrected chi connectivity index (χ3v) is 17.1. The maximum atomic E-state index is 12.9. The molecule has 0 rings (SSSR count). The molecule has 0 amide bonds. The van der Waals surface area contributed by atoms with Crippen LogP contribution in [0.4, 0.5) is 0 Å². The largest absolute Gasteiger partial charge is 0.462 e. The van der Waals surface area contributed by atoms with Crippen LogP contribution in [-0.4, -0.2) is 37.2 Å². The monoisotopic (exact) mass is 1170 g/mol. The molecule has 0 aliphatic carbocycles. The van der Waals surface area contributed by atoms with Crippen molar-refractivity contribution in [2.75, 3.05) is 13.2 Å². The SMILES string of the molecule is CCCC/C=C\C/C=C\CCCCCCCC(=O)OCC(COC(=O)CCCCCCCCCCCCCCCCCCCCCCC/C=C\CCCCCCCCCC)OC(=O)CCCCCCCCCCCCCCCCCCCC. The van der Waals surface area contributed by atoms with Gasteiger partial charge >= 0.3 is 17.9 Å². The van der Waals surface area contributed by atoms with Crippen LogP contribution in [0.3, 0.4) is 0 Å². The van der Waals surface area contributed by atoms with Gasteiger partial charge in [0, 0.05) is 19.3 Å². The van der Waals surface area contributed by atoms with Gasteiger partial charge in [-0.15, -0.1) is 0 Å². The molecule has 0 bridgehead atoms. The van der Waals surface area contributed by atoms with Crippen LogP contribution < -0.4 is 0 Å². The minimum absolute atomic E-state index is 0.0705. The third-order valence-electron chi connectivity index (χ3n) is 17.1. The molecule has 0 heterocycles. The summed E-state index contributed by atoms with van der Waals surface area (Å²) in [5, 5.41) is 0. The number of hydrogen-bond donors (Lipinski definition) is 0. The Morgan fingerprint density at radius 3 is 0.711 bits per heavy atom. The van der Waals surface area contributed by atoms with Crippen molar-refractivity contribution in [3.63, 3.8) is 0 Å². The molecule has 1 atom stereocenters. The zero-order chi connectivity index (χ0) is 59.9. The van der Waals surface area contributed by atoms with E-state index in [1.165, 1.54) is 302 Å². The predicted octanol–water partition coefficient (Wildman–Crippen LogP) is 25.9. The molecule has 1 unspecified atom stereocenters. The number of unbranched alkanes of at least 4 members (excludes halogenated alkanes) is 53. The van der Waals surface area contributed by atoms with Crippen LogP contribution in [0.2, 0.25) is 0 Å². The topological polar surface area (TPSA) is 78.9 Å². The van der Waals surface area contributed by atoms with E-state index in [9.17, 15) is 14.4 Å². The Morgan fingerprint density at radius 1 is 0.241 bits per heavy atom. The first-order valence-electron chi connectivity index (χ1n) is 37.5. The van der Waals surface area contributed by atoms with E-state index in [-0.39, 0.29) is 31.1 Å². The number of carbonyl (C=O) groups is 3. The molecule has 83 heavy (non-hydrogen) atoms. The Balaban J connectivity index is 4.12. The van der Waals surface area contributed by atoms with Gasteiger partial charge in [0.1, 0.15) is 13.2 Å². The highest BCUT2D eigenvalue weighted by molar-refractivity contribution is 5.71. The quantitative estimate of drug-likeness (QED) is 0.0261. The molecule has 488 valence electrons. The Labute approximate surface area is 518 Å². The van der Waals surface area contributed by atoms with Crippen LogP contribution in [-0.2, 0) is 28.6 Å². The smallest absolute Gasteiger partial charge is 0.306 e. The van der Waals surface area contributed by atoms with Gasteiger partial charge in [-0.1, -0.05) is 365 Å². The van der Waals surface area contributed by atoms with Crippen molar-refractivity contribution in [1.29, 1.82) is 0 Å². The van der Waals surface area contributed by atoms with E-state index in [1.807, 2.05) is 0 Å². The van der Waals surface area contributed by atoms with Crippen molar-refractivity contribution < 1.29 is 28.6 Å². The lowest BCUT2D eigenvalue weighted by Crippen LogP contribution is -2.30. The molecule has 0 saturated carbocycles. The predicted molar refractivity (Wildman–Crippen MR) is 362 cm³/mol. The number of hydrogen-bond acceptors (Lipinski definition) is 6. The second kappa shape index (κ2) is 72.1. The Kier molecular flexibility index (Phi) is 70.0. The highest BCUT2D eigenvalue weighted by Gasteiger charge is 2.20. The lowest BCUT2D eigenvalue weighted by molar-refractivity contribution is -0.167. The summed E-state index contributed by atoms with van der Waals surface area (Å²) >= 11 is 0.